The van der Waals surface area contributed by atoms with Crippen LogP contribution in [0.1, 0.15) is 26.3 Å². The lowest BCUT2D eigenvalue weighted by atomic mass is 9.61. The zero-order valence-electron chi connectivity index (χ0n) is 9.79. The van der Waals surface area contributed by atoms with Gasteiger partial charge in [0, 0.05) is 5.60 Å². The predicted octanol–water partition coefficient (Wildman–Crippen LogP) is 2.64. The number of aryl methyl sites for hydroxylation is 1. The fraction of sp³-hybridized carbons (Fsp3) is 0.500. The molecule has 1 rings (SSSR count). The van der Waals surface area contributed by atoms with Gasteiger partial charge in [-0.15, -0.1) is 0 Å². The second-order valence-corrected chi connectivity index (χ2v) is 4.73. The minimum absolute atomic E-state index is 0.0816. The topological polar surface area (TPSA) is 9.23 Å². The first-order valence-corrected chi connectivity index (χ1v) is 5.13. The van der Waals surface area contributed by atoms with Gasteiger partial charge in [0.15, 0.2) is 0 Å². The van der Waals surface area contributed by atoms with Crippen molar-refractivity contribution >= 4 is 12.4 Å². The highest BCUT2D eigenvalue weighted by Crippen LogP contribution is 2.09. The van der Waals surface area contributed by atoms with Gasteiger partial charge in [0.25, 0.3) is 0 Å². The highest BCUT2D eigenvalue weighted by atomic mass is 16.5. The summed E-state index contributed by atoms with van der Waals surface area (Å²) in [5.74, 6) is 0. The molecule has 0 saturated carbocycles. The SMILES string of the molecule is CB(OC(C)(C)C)c1ccccc1C. The maximum Gasteiger partial charge on any atom is 0.324 e. The Balaban J connectivity index is 2.80. The summed E-state index contributed by atoms with van der Waals surface area (Å²) in [5, 5.41) is 0. The van der Waals surface area contributed by atoms with Crippen molar-refractivity contribution < 1.29 is 4.65 Å². The van der Waals surface area contributed by atoms with Crippen molar-refractivity contribution in [2.75, 3.05) is 0 Å². The molecule has 0 bridgehead atoms. The van der Waals surface area contributed by atoms with Gasteiger partial charge in [-0.25, -0.2) is 0 Å². The van der Waals surface area contributed by atoms with E-state index in [1.54, 1.807) is 0 Å². The molecule has 0 radical (unpaired) electrons. The first-order valence-electron chi connectivity index (χ1n) is 5.13. The predicted molar refractivity (Wildman–Crippen MR) is 63.3 cm³/mol. The van der Waals surface area contributed by atoms with Gasteiger partial charge >= 0.3 is 6.92 Å². The normalized spacial score (nSPS) is 11.5. The van der Waals surface area contributed by atoms with Crippen molar-refractivity contribution in [1.82, 2.24) is 0 Å². The Morgan fingerprint density at radius 2 is 1.71 bits per heavy atom. The highest BCUT2D eigenvalue weighted by molar-refractivity contribution is 6.66. The van der Waals surface area contributed by atoms with Gasteiger partial charge in [0.1, 0.15) is 0 Å². The molecule has 0 saturated heterocycles. The second kappa shape index (κ2) is 4.18. The summed E-state index contributed by atoms with van der Waals surface area (Å²) in [4.78, 5) is 0. The van der Waals surface area contributed by atoms with Crippen molar-refractivity contribution in [2.45, 2.75) is 40.1 Å². The number of hydrogen-bond donors (Lipinski definition) is 0. The minimum Gasteiger partial charge on any atom is -0.427 e. The van der Waals surface area contributed by atoms with E-state index in [-0.39, 0.29) is 12.5 Å². The van der Waals surface area contributed by atoms with E-state index in [1.165, 1.54) is 11.0 Å². The number of rotatable bonds is 2. The summed E-state index contributed by atoms with van der Waals surface area (Å²) in [6.45, 7) is 10.6. The Hall–Kier alpha value is -0.755. The van der Waals surface area contributed by atoms with Gasteiger partial charge in [0.2, 0.25) is 0 Å². The quantitative estimate of drug-likeness (QED) is 0.651. The minimum atomic E-state index is -0.0816. The fourth-order valence-corrected chi connectivity index (χ4v) is 1.64. The largest absolute Gasteiger partial charge is 0.427 e. The Kier molecular flexibility index (Phi) is 3.38. The first-order chi connectivity index (χ1) is 6.40. The van der Waals surface area contributed by atoms with Crippen LogP contribution in [0.15, 0.2) is 24.3 Å². The summed E-state index contributed by atoms with van der Waals surface area (Å²) in [7, 11) is 0. The standard InChI is InChI=1S/C12H19BO/c1-10-8-6-7-9-11(10)13(5)14-12(2,3)4/h6-9H,1-5H3. The molecule has 0 unspecified atom stereocenters. The van der Waals surface area contributed by atoms with Crippen LogP contribution in [-0.4, -0.2) is 12.5 Å². The fourth-order valence-electron chi connectivity index (χ4n) is 1.64. The monoisotopic (exact) mass is 190 g/mol. The van der Waals surface area contributed by atoms with Crippen molar-refractivity contribution in [3.8, 4) is 0 Å². The van der Waals surface area contributed by atoms with Crippen molar-refractivity contribution in [1.29, 1.82) is 0 Å². The summed E-state index contributed by atoms with van der Waals surface area (Å²) < 4.78 is 5.90. The van der Waals surface area contributed by atoms with Gasteiger partial charge in [0.05, 0.1) is 0 Å². The molecule has 0 N–H and O–H groups in total. The Morgan fingerprint density at radius 1 is 1.14 bits per heavy atom. The third-order valence-electron chi connectivity index (χ3n) is 2.16. The maximum atomic E-state index is 5.90. The van der Waals surface area contributed by atoms with E-state index >= 15 is 0 Å². The highest BCUT2D eigenvalue weighted by Gasteiger charge is 2.20. The molecule has 14 heavy (non-hydrogen) atoms. The maximum absolute atomic E-state index is 5.90. The molecule has 0 aliphatic heterocycles. The van der Waals surface area contributed by atoms with Crippen molar-refractivity contribution in [2.24, 2.45) is 0 Å². The lowest BCUT2D eigenvalue weighted by molar-refractivity contribution is 0.134. The molecule has 76 valence electrons. The van der Waals surface area contributed by atoms with Crippen molar-refractivity contribution in [3.63, 3.8) is 0 Å². The average molecular weight is 190 g/mol. The smallest absolute Gasteiger partial charge is 0.324 e. The molecule has 0 aliphatic carbocycles. The van der Waals surface area contributed by atoms with Gasteiger partial charge in [-0.3, -0.25) is 0 Å². The lowest BCUT2D eigenvalue weighted by Crippen LogP contribution is -2.38. The van der Waals surface area contributed by atoms with Crippen LogP contribution in [0.4, 0.5) is 0 Å². The van der Waals surface area contributed by atoms with Gasteiger partial charge < -0.3 is 4.65 Å². The number of benzene rings is 1. The lowest BCUT2D eigenvalue weighted by Gasteiger charge is -2.24. The Bertz CT molecular complexity index is 301. The van der Waals surface area contributed by atoms with E-state index < -0.39 is 0 Å². The number of hydrogen-bond acceptors (Lipinski definition) is 1. The molecule has 0 fully saturated rings. The Morgan fingerprint density at radius 3 is 2.21 bits per heavy atom. The molecule has 0 heterocycles. The summed E-state index contributed by atoms with van der Waals surface area (Å²) in [6.07, 6.45) is 0. The third-order valence-corrected chi connectivity index (χ3v) is 2.16. The molecule has 2 heteroatoms. The second-order valence-electron chi connectivity index (χ2n) is 4.73. The van der Waals surface area contributed by atoms with E-state index in [0.717, 1.165) is 0 Å². The van der Waals surface area contributed by atoms with Crippen LogP contribution in [0.2, 0.25) is 6.82 Å². The summed E-state index contributed by atoms with van der Waals surface area (Å²) in [5.41, 5.74) is 2.49. The van der Waals surface area contributed by atoms with E-state index in [0.29, 0.717) is 0 Å². The molecule has 1 aromatic carbocycles. The molecular formula is C12H19BO. The third kappa shape index (κ3) is 3.19. The van der Waals surface area contributed by atoms with Gasteiger partial charge in [-0.1, -0.05) is 36.7 Å². The van der Waals surface area contributed by atoms with E-state index in [2.05, 4.69) is 58.8 Å². The summed E-state index contributed by atoms with van der Waals surface area (Å²) in [6, 6.07) is 8.37. The van der Waals surface area contributed by atoms with Crippen LogP contribution in [0.25, 0.3) is 0 Å². The van der Waals surface area contributed by atoms with Crippen molar-refractivity contribution in [3.05, 3.63) is 29.8 Å². The molecule has 1 nitrogen and oxygen atoms in total. The van der Waals surface area contributed by atoms with Crippen LogP contribution < -0.4 is 5.46 Å². The molecule has 0 amide bonds. The first kappa shape index (κ1) is 11.3. The summed E-state index contributed by atoms with van der Waals surface area (Å²) >= 11 is 0. The molecule has 0 aromatic heterocycles. The van der Waals surface area contributed by atoms with Crippen LogP contribution in [0.5, 0.6) is 0 Å². The molecule has 0 spiro atoms. The van der Waals surface area contributed by atoms with E-state index in [9.17, 15) is 0 Å². The van der Waals surface area contributed by atoms with Crippen LogP contribution in [0, 0.1) is 6.92 Å². The molecular weight excluding hydrogens is 171 g/mol. The Labute approximate surface area is 87.6 Å². The molecule has 0 atom stereocenters. The van der Waals surface area contributed by atoms with Gasteiger partial charge in [-0.05, 0) is 33.2 Å². The molecule has 0 aliphatic rings. The molecule has 1 aromatic rings. The zero-order valence-corrected chi connectivity index (χ0v) is 9.79. The van der Waals surface area contributed by atoms with E-state index in [4.69, 9.17) is 4.65 Å². The van der Waals surface area contributed by atoms with Crippen LogP contribution in [-0.2, 0) is 4.65 Å². The van der Waals surface area contributed by atoms with Gasteiger partial charge in [-0.2, -0.15) is 0 Å². The zero-order chi connectivity index (χ0) is 10.8. The van der Waals surface area contributed by atoms with Crippen LogP contribution >= 0.6 is 0 Å². The average Bonchev–Trinajstić information content (AvgIpc) is 2.01. The van der Waals surface area contributed by atoms with E-state index in [1.807, 2.05) is 0 Å². The van der Waals surface area contributed by atoms with Crippen LogP contribution in [0.3, 0.4) is 0 Å².